The molecule has 0 bridgehead atoms. The Bertz CT molecular complexity index is 932. The normalized spacial score (nSPS) is 15.5. The van der Waals surface area contributed by atoms with E-state index < -0.39 is 0 Å². The summed E-state index contributed by atoms with van der Waals surface area (Å²) in [5.74, 6) is -0.916. The van der Waals surface area contributed by atoms with Gasteiger partial charge in [-0.05, 0) is 42.0 Å². The number of nitrogens with one attached hydrogen (secondary N) is 1. The largest absolute Gasteiger partial charge is 0.326 e. The van der Waals surface area contributed by atoms with Crippen molar-refractivity contribution in [2.45, 2.75) is 6.42 Å². The van der Waals surface area contributed by atoms with E-state index in [2.05, 4.69) is 5.32 Å². The highest BCUT2D eigenvalue weighted by atomic mass is 35.5. The van der Waals surface area contributed by atoms with Gasteiger partial charge in [0.15, 0.2) is 0 Å². The summed E-state index contributed by atoms with van der Waals surface area (Å²) in [6.07, 6.45) is 1.77. The number of benzene rings is 2. The molecule has 8 heteroatoms. The van der Waals surface area contributed by atoms with Gasteiger partial charge in [0.05, 0.1) is 4.91 Å². The summed E-state index contributed by atoms with van der Waals surface area (Å²) in [5.41, 5.74) is 1.22. The van der Waals surface area contributed by atoms with Gasteiger partial charge in [-0.1, -0.05) is 53.8 Å². The molecule has 0 aromatic heterocycles. The van der Waals surface area contributed by atoms with E-state index in [9.17, 15) is 14.0 Å². The zero-order chi connectivity index (χ0) is 19.4. The lowest BCUT2D eigenvalue weighted by Crippen LogP contribution is -2.31. The van der Waals surface area contributed by atoms with Gasteiger partial charge in [0.1, 0.15) is 10.1 Å². The van der Waals surface area contributed by atoms with Gasteiger partial charge in [-0.2, -0.15) is 0 Å². The van der Waals surface area contributed by atoms with E-state index >= 15 is 0 Å². The van der Waals surface area contributed by atoms with Crippen molar-refractivity contribution in [1.82, 2.24) is 4.90 Å². The fourth-order valence-electron chi connectivity index (χ4n) is 2.40. The average Bonchev–Trinajstić information content (AvgIpc) is 2.90. The fraction of sp³-hybridized carbons (Fsp3) is 0.105. The third kappa shape index (κ3) is 4.94. The van der Waals surface area contributed by atoms with Crippen molar-refractivity contribution in [2.75, 3.05) is 11.9 Å². The molecule has 2 aromatic rings. The van der Waals surface area contributed by atoms with Crippen LogP contribution < -0.4 is 5.32 Å². The summed E-state index contributed by atoms with van der Waals surface area (Å²) in [7, 11) is 0. The maximum Gasteiger partial charge on any atom is 0.266 e. The molecule has 0 unspecified atom stereocenters. The number of hydrogen-bond donors (Lipinski definition) is 1. The van der Waals surface area contributed by atoms with Crippen LogP contribution in [0.15, 0.2) is 53.4 Å². The number of thioether (sulfide) groups is 1. The van der Waals surface area contributed by atoms with Gasteiger partial charge in [0.25, 0.3) is 5.91 Å². The second kappa shape index (κ2) is 8.65. The summed E-state index contributed by atoms with van der Waals surface area (Å²) in [6, 6.07) is 12.7. The van der Waals surface area contributed by atoms with Crippen LogP contribution in [0.3, 0.4) is 0 Å². The number of nitrogens with zero attached hydrogens (tertiary/aromatic N) is 1. The van der Waals surface area contributed by atoms with Gasteiger partial charge >= 0.3 is 0 Å². The van der Waals surface area contributed by atoms with Gasteiger partial charge in [0, 0.05) is 23.7 Å². The lowest BCUT2D eigenvalue weighted by atomic mass is 10.2. The third-order valence-corrected chi connectivity index (χ3v) is 5.48. The van der Waals surface area contributed by atoms with E-state index in [0.717, 1.165) is 5.56 Å². The molecule has 1 aliphatic rings. The predicted molar refractivity (Wildman–Crippen MR) is 111 cm³/mol. The van der Waals surface area contributed by atoms with Crippen LogP contribution in [0.5, 0.6) is 0 Å². The molecular weight excluding hydrogens is 407 g/mol. The van der Waals surface area contributed by atoms with Gasteiger partial charge in [-0.15, -0.1) is 0 Å². The molecule has 2 aromatic carbocycles. The summed E-state index contributed by atoms with van der Waals surface area (Å²) in [4.78, 5) is 26.5. The second-order valence-corrected chi connectivity index (χ2v) is 7.74. The number of hydrogen-bond acceptors (Lipinski definition) is 4. The van der Waals surface area contributed by atoms with Crippen molar-refractivity contribution in [1.29, 1.82) is 0 Å². The summed E-state index contributed by atoms with van der Waals surface area (Å²) < 4.78 is 13.3. The summed E-state index contributed by atoms with van der Waals surface area (Å²) in [5, 5.41) is 3.20. The first-order chi connectivity index (χ1) is 12.9. The quantitative estimate of drug-likeness (QED) is 0.562. The Morgan fingerprint density at radius 1 is 1.22 bits per heavy atom. The van der Waals surface area contributed by atoms with E-state index in [0.29, 0.717) is 19.9 Å². The standard InChI is InChI=1S/C19H14ClFN2O2S2/c20-15-4-2-1-3-12(15)11-16-18(25)23(19(26)27-16)10-9-17(24)22-14-7-5-13(21)6-8-14/h1-8,11H,9-10H2,(H,22,24). The Kier molecular flexibility index (Phi) is 6.26. The van der Waals surface area contributed by atoms with Crippen LogP contribution in [0.4, 0.5) is 10.1 Å². The van der Waals surface area contributed by atoms with Crippen molar-refractivity contribution >= 4 is 63.5 Å². The van der Waals surface area contributed by atoms with Crippen molar-refractivity contribution in [3.8, 4) is 0 Å². The van der Waals surface area contributed by atoms with Gasteiger partial charge < -0.3 is 5.32 Å². The first kappa shape index (κ1) is 19.5. The van der Waals surface area contributed by atoms with Crippen LogP contribution in [0.25, 0.3) is 6.08 Å². The number of rotatable bonds is 5. The van der Waals surface area contributed by atoms with Crippen LogP contribution in [0.1, 0.15) is 12.0 Å². The highest BCUT2D eigenvalue weighted by Gasteiger charge is 2.32. The fourth-order valence-corrected chi connectivity index (χ4v) is 3.89. The molecule has 3 rings (SSSR count). The Labute approximate surface area is 170 Å². The Morgan fingerprint density at radius 3 is 2.63 bits per heavy atom. The lowest BCUT2D eigenvalue weighted by Gasteiger charge is -2.14. The maximum atomic E-state index is 12.9. The van der Waals surface area contributed by atoms with Gasteiger partial charge in [0.2, 0.25) is 5.91 Å². The van der Waals surface area contributed by atoms with E-state index in [4.69, 9.17) is 23.8 Å². The number of thiocarbonyl (C=S) groups is 1. The summed E-state index contributed by atoms with van der Waals surface area (Å²) in [6.45, 7) is 0.164. The monoisotopic (exact) mass is 420 g/mol. The highest BCUT2D eigenvalue weighted by molar-refractivity contribution is 8.26. The number of carbonyl (C=O) groups excluding carboxylic acids is 2. The number of amides is 2. The Balaban J connectivity index is 1.61. The minimum Gasteiger partial charge on any atom is -0.326 e. The number of halogens is 2. The maximum absolute atomic E-state index is 12.9. The predicted octanol–water partition coefficient (Wildman–Crippen LogP) is 4.71. The lowest BCUT2D eigenvalue weighted by molar-refractivity contribution is -0.122. The Hall–Kier alpha value is -2.22. The third-order valence-electron chi connectivity index (χ3n) is 3.76. The molecule has 2 amide bonds. The molecule has 0 atom stereocenters. The topological polar surface area (TPSA) is 49.4 Å². The zero-order valence-corrected chi connectivity index (χ0v) is 16.3. The van der Waals surface area contributed by atoms with Crippen LogP contribution in [0.2, 0.25) is 5.02 Å². The molecule has 0 radical (unpaired) electrons. The summed E-state index contributed by atoms with van der Waals surface area (Å²) >= 11 is 12.6. The Morgan fingerprint density at radius 2 is 1.93 bits per heavy atom. The van der Waals surface area contributed by atoms with Crippen LogP contribution in [-0.2, 0) is 9.59 Å². The van der Waals surface area contributed by atoms with Crippen molar-refractivity contribution in [2.24, 2.45) is 0 Å². The number of anilines is 1. The molecule has 0 saturated carbocycles. The first-order valence-corrected chi connectivity index (χ1v) is 9.59. The van der Waals surface area contributed by atoms with Crippen LogP contribution in [0, 0.1) is 5.82 Å². The van der Waals surface area contributed by atoms with Crippen LogP contribution >= 0.6 is 35.6 Å². The molecule has 1 saturated heterocycles. The van der Waals surface area contributed by atoms with E-state index in [1.165, 1.54) is 40.9 Å². The van der Waals surface area contributed by atoms with Crippen molar-refractivity contribution in [3.63, 3.8) is 0 Å². The van der Waals surface area contributed by atoms with Crippen molar-refractivity contribution < 1.29 is 14.0 Å². The minimum absolute atomic E-state index is 0.0726. The second-order valence-electron chi connectivity index (χ2n) is 5.66. The molecule has 1 N–H and O–H groups in total. The SMILES string of the molecule is O=C(CCN1C(=O)C(=Cc2ccccc2Cl)SC1=S)Nc1ccc(F)cc1. The highest BCUT2D eigenvalue weighted by Crippen LogP contribution is 2.33. The smallest absolute Gasteiger partial charge is 0.266 e. The molecule has 0 spiro atoms. The van der Waals surface area contributed by atoms with E-state index in [-0.39, 0.29) is 30.6 Å². The minimum atomic E-state index is -0.379. The van der Waals surface area contributed by atoms with E-state index in [1.807, 2.05) is 18.2 Å². The molecular formula is C19H14ClFN2O2S2. The number of carbonyl (C=O) groups is 2. The molecule has 1 aliphatic heterocycles. The van der Waals surface area contributed by atoms with Crippen molar-refractivity contribution in [3.05, 3.63) is 69.8 Å². The van der Waals surface area contributed by atoms with Gasteiger partial charge in [-0.3, -0.25) is 14.5 Å². The van der Waals surface area contributed by atoms with Gasteiger partial charge in [-0.25, -0.2) is 4.39 Å². The average molecular weight is 421 g/mol. The van der Waals surface area contributed by atoms with Crippen LogP contribution in [-0.4, -0.2) is 27.6 Å². The molecule has 4 nitrogen and oxygen atoms in total. The molecule has 1 fully saturated rings. The molecule has 1 heterocycles. The molecule has 138 valence electrons. The molecule has 0 aliphatic carbocycles. The van der Waals surface area contributed by atoms with E-state index in [1.54, 1.807) is 12.1 Å². The first-order valence-electron chi connectivity index (χ1n) is 7.99. The molecule has 27 heavy (non-hydrogen) atoms. The zero-order valence-electron chi connectivity index (χ0n) is 13.9.